The van der Waals surface area contributed by atoms with Gasteiger partial charge in [-0.2, -0.15) is 0 Å². The fourth-order valence-corrected chi connectivity index (χ4v) is 2.25. The maximum atomic E-state index is 11.2. The van der Waals surface area contributed by atoms with Gasteiger partial charge in [0.15, 0.2) is 0 Å². The Morgan fingerprint density at radius 2 is 1.12 bits per heavy atom. The second kappa shape index (κ2) is 9.59. The summed E-state index contributed by atoms with van der Waals surface area (Å²) < 4.78 is 10.3. The molecular weight excluding hydrogens is 312 g/mol. The van der Waals surface area contributed by atoms with E-state index in [1.807, 2.05) is 27.7 Å². The molecule has 0 aromatic rings. The SMILES string of the molecule is C=CC(=O)OC(C)CC(C)(C)OOC(C)(C)CC(C)OC(=O)C=C. The normalized spacial score (nSPS) is 14.4. The highest BCUT2D eigenvalue weighted by Gasteiger charge is 2.31. The number of ether oxygens (including phenoxy) is 2. The molecule has 0 radical (unpaired) electrons. The lowest BCUT2D eigenvalue weighted by atomic mass is 10.0. The Kier molecular flexibility index (Phi) is 8.93. The Balaban J connectivity index is 4.44. The predicted octanol–water partition coefficient (Wildman–Crippen LogP) is 3.51. The van der Waals surface area contributed by atoms with Crippen molar-refractivity contribution in [2.24, 2.45) is 0 Å². The summed E-state index contributed by atoms with van der Waals surface area (Å²) in [7, 11) is 0. The van der Waals surface area contributed by atoms with Gasteiger partial charge in [0.25, 0.3) is 0 Å². The van der Waals surface area contributed by atoms with Crippen LogP contribution in [0.5, 0.6) is 0 Å². The molecule has 0 amide bonds. The first-order valence-corrected chi connectivity index (χ1v) is 7.93. The maximum Gasteiger partial charge on any atom is 0.330 e. The summed E-state index contributed by atoms with van der Waals surface area (Å²) in [6.45, 7) is 17.6. The molecule has 0 heterocycles. The van der Waals surface area contributed by atoms with E-state index in [1.54, 1.807) is 13.8 Å². The molecule has 0 fully saturated rings. The molecule has 0 spiro atoms. The molecule has 0 aliphatic heterocycles. The Labute approximate surface area is 144 Å². The van der Waals surface area contributed by atoms with Gasteiger partial charge >= 0.3 is 11.9 Å². The van der Waals surface area contributed by atoms with Crippen molar-refractivity contribution in [3.8, 4) is 0 Å². The molecule has 0 rings (SSSR count). The van der Waals surface area contributed by atoms with Crippen LogP contribution in [-0.2, 0) is 28.8 Å². The number of carbonyl (C=O) groups excluding carboxylic acids is 2. The second-order valence-electron chi connectivity index (χ2n) is 7.00. The summed E-state index contributed by atoms with van der Waals surface area (Å²) in [5.74, 6) is -0.949. The number of rotatable bonds is 11. The van der Waals surface area contributed by atoms with E-state index in [0.29, 0.717) is 12.8 Å². The number of hydrogen-bond acceptors (Lipinski definition) is 6. The standard InChI is InChI=1S/C18H30O6/c1-9-15(19)21-13(3)11-17(5,6)23-24-18(7,8)12-14(4)22-16(20)10-2/h9-10,13-14H,1-2,11-12H2,3-8H3. The van der Waals surface area contributed by atoms with Gasteiger partial charge in [0.1, 0.15) is 23.4 Å². The van der Waals surface area contributed by atoms with E-state index in [-0.39, 0.29) is 12.2 Å². The highest BCUT2D eigenvalue weighted by molar-refractivity contribution is 5.81. The van der Waals surface area contributed by atoms with Crippen LogP contribution in [-0.4, -0.2) is 35.3 Å². The van der Waals surface area contributed by atoms with Gasteiger partial charge in [-0.15, -0.1) is 0 Å². The van der Waals surface area contributed by atoms with Gasteiger partial charge in [0.05, 0.1) is 0 Å². The zero-order chi connectivity index (χ0) is 19.0. The third-order valence-electron chi connectivity index (χ3n) is 3.02. The molecule has 0 bridgehead atoms. The van der Waals surface area contributed by atoms with Crippen molar-refractivity contribution < 1.29 is 28.8 Å². The molecule has 6 nitrogen and oxygen atoms in total. The first kappa shape index (κ1) is 22.3. The lowest BCUT2D eigenvalue weighted by Gasteiger charge is -2.33. The minimum atomic E-state index is -0.667. The van der Waals surface area contributed by atoms with E-state index < -0.39 is 23.1 Å². The fourth-order valence-electron chi connectivity index (χ4n) is 2.25. The average Bonchev–Trinajstić information content (AvgIpc) is 2.43. The molecule has 0 aliphatic rings. The molecule has 2 atom stereocenters. The fraction of sp³-hybridized carbons (Fsp3) is 0.667. The molecule has 0 saturated heterocycles. The van der Waals surface area contributed by atoms with Gasteiger partial charge in [-0.25, -0.2) is 19.4 Å². The zero-order valence-electron chi connectivity index (χ0n) is 15.6. The van der Waals surface area contributed by atoms with Crippen LogP contribution in [0.2, 0.25) is 0 Å². The van der Waals surface area contributed by atoms with E-state index >= 15 is 0 Å². The monoisotopic (exact) mass is 342 g/mol. The Hall–Kier alpha value is -1.66. The van der Waals surface area contributed by atoms with Gasteiger partial charge in [0.2, 0.25) is 0 Å². The van der Waals surface area contributed by atoms with Crippen molar-refractivity contribution in [2.75, 3.05) is 0 Å². The van der Waals surface area contributed by atoms with Crippen LogP contribution in [0, 0.1) is 0 Å². The largest absolute Gasteiger partial charge is 0.459 e. The topological polar surface area (TPSA) is 71.1 Å². The van der Waals surface area contributed by atoms with E-state index in [0.717, 1.165) is 12.2 Å². The summed E-state index contributed by atoms with van der Waals surface area (Å²) in [5.41, 5.74) is -1.33. The Morgan fingerprint density at radius 3 is 1.38 bits per heavy atom. The van der Waals surface area contributed by atoms with Crippen molar-refractivity contribution in [1.29, 1.82) is 0 Å². The van der Waals surface area contributed by atoms with Crippen molar-refractivity contribution in [1.82, 2.24) is 0 Å². The van der Waals surface area contributed by atoms with E-state index in [2.05, 4.69) is 13.2 Å². The summed E-state index contributed by atoms with van der Waals surface area (Å²) in [6.07, 6.45) is 2.45. The van der Waals surface area contributed by atoms with Gasteiger partial charge < -0.3 is 9.47 Å². The van der Waals surface area contributed by atoms with Crippen molar-refractivity contribution in [2.45, 2.75) is 77.8 Å². The lowest BCUT2D eigenvalue weighted by molar-refractivity contribution is -0.406. The van der Waals surface area contributed by atoms with Gasteiger partial charge in [-0.1, -0.05) is 13.2 Å². The molecular formula is C18H30O6. The highest BCUT2D eigenvalue weighted by atomic mass is 17.2. The quantitative estimate of drug-likeness (QED) is 0.248. The molecule has 24 heavy (non-hydrogen) atoms. The Bertz CT molecular complexity index is 410. The number of hydrogen-bond donors (Lipinski definition) is 0. The van der Waals surface area contributed by atoms with Crippen LogP contribution in [0.25, 0.3) is 0 Å². The van der Waals surface area contributed by atoms with Gasteiger partial charge in [-0.05, 0) is 41.5 Å². The minimum absolute atomic E-state index is 0.343. The molecule has 6 heteroatoms. The van der Waals surface area contributed by atoms with Gasteiger partial charge in [0, 0.05) is 25.0 Å². The zero-order valence-corrected chi connectivity index (χ0v) is 15.6. The summed E-state index contributed by atoms with van der Waals surface area (Å²) in [6, 6.07) is 0. The molecule has 2 unspecified atom stereocenters. The molecule has 0 saturated carbocycles. The van der Waals surface area contributed by atoms with Crippen molar-refractivity contribution >= 4 is 11.9 Å². The first-order chi connectivity index (χ1) is 10.9. The predicted molar refractivity (Wildman–Crippen MR) is 91.1 cm³/mol. The van der Waals surface area contributed by atoms with Crippen LogP contribution < -0.4 is 0 Å². The molecule has 0 aromatic heterocycles. The third-order valence-corrected chi connectivity index (χ3v) is 3.02. The molecule has 138 valence electrons. The van der Waals surface area contributed by atoms with Crippen LogP contribution in [0.1, 0.15) is 54.4 Å². The molecule has 0 N–H and O–H groups in total. The maximum absolute atomic E-state index is 11.2. The average molecular weight is 342 g/mol. The Morgan fingerprint density at radius 1 is 0.833 bits per heavy atom. The highest BCUT2D eigenvalue weighted by Crippen LogP contribution is 2.25. The summed E-state index contributed by atoms with van der Waals surface area (Å²) in [5, 5.41) is 0. The van der Waals surface area contributed by atoms with Crippen LogP contribution >= 0.6 is 0 Å². The number of carbonyl (C=O) groups is 2. The van der Waals surface area contributed by atoms with E-state index in [4.69, 9.17) is 19.2 Å². The minimum Gasteiger partial charge on any atom is -0.459 e. The van der Waals surface area contributed by atoms with Crippen molar-refractivity contribution in [3.05, 3.63) is 25.3 Å². The van der Waals surface area contributed by atoms with Crippen LogP contribution in [0.3, 0.4) is 0 Å². The van der Waals surface area contributed by atoms with E-state index in [1.165, 1.54) is 0 Å². The number of esters is 2. The van der Waals surface area contributed by atoms with Crippen LogP contribution in [0.15, 0.2) is 25.3 Å². The molecule has 0 aliphatic carbocycles. The molecule has 0 aromatic carbocycles. The van der Waals surface area contributed by atoms with Gasteiger partial charge in [-0.3, -0.25) is 0 Å². The summed E-state index contributed by atoms with van der Waals surface area (Å²) >= 11 is 0. The summed E-state index contributed by atoms with van der Waals surface area (Å²) in [4.78, 5) is 33.5. The lowest BCUT2D eigenvalue weighted by Crippen LogP contribution is -2.37. The first-order valence-electron chi connectivity index (χ1n) is 7.93. The van der Waals surface area contributed by atoms with Crippen LogP contribution in [0.4, 0.5) is 0 Å². The van der Waals surface area contributed by atoms with E-state index in [9.17, 15) is 9.59 Å². The smallest absolute Gasteiger partial charge is 0.330 e. The third kappa shape index (κ3) is 10.2. The van der Waals surface area contributed by atoms with Crippen molar-refractivity contribution in [3.63, 3.8) is 0 Å². The second-order valence-corrected chi connectivity index (χ2v) is 7.00.